The van der Waals surface area contributed by atoms with Crippen LogP contribution in [0, 0.1) is 0 Å². The Kier molecular flexibility index (Phi) is 5.05. The number of carbonyl (C=O) groups is 1. The highest BCUT2D eigenvalue weighted by molar-refractivity contribution is 6.30. The lowest BCUT2D eigenvalue weighted by Gasteiger charge is -2.29. The molecule has 0 spiro atoms. The first-order chi connectivity index (χ1) is 12.1. The molecule has 0 radical (unpaired) electrons. The maximum atomic E-state index is 13.0. The van der Waals surface area contributed by atoms with Crippen LogP contribution >= 0.6 is 11.6 Å². The van der Waals surface area contributed by atoms with Crippen LogP contribution in [0.5, 0.6) is 0 Å². The van der Waals surface area contributed by atoms with Crippen molar-refractivity contribution in [2.45, 2.75) is 6.04 Å². The molecule has 1 amide bonds. The number of nitrogens with zero attached hydrogens (tertiary/aromatic N) is 1. The van der Waals surface area contributed by atoms with E-state index in [-0.39, 0.29) is 11.9 Å². The van der Waals surface area contributed by atoms with Crippen molar-refractivity contribution < 1.29 is 4.79 Å². The van der Waals surface area contributed by atoms with E-state index in [1.807, 2.05) is 61.6 Å². The molecule has 0 aliphatic heterocycles. The van der Waals surface area contributed by atoms with Crippen molar-refractivity contribution in [2.24, 2.45) is 0 Å². The van der Waals surface area contributed by atoms with Crippen molar-refractivity contribution in [3.8, 4) is 0 Å². The average Bonchev–Trinajstić information content (AvgIpc) is 2.64. The molecule has 0 aliphatic rings. The number of hydrogen-bond donors (Lipinski definition) is 1. The number of nitrogen functional groups attached to an aromatic ring is 1. The second-order valence-corrected chi connectivity index (χ2v) is 6.34. The Labute approximate surface area is 152 Å². The Morgan fingerprint density at radius 3 is 2.04 bits per heavy atom. The van der Waals surface area contributed by atoms with Crippen LogP contribution in [-0.4, -0.2) is 17.9 Å². The zero-order valence-corrected chi connectivity index (χ0v) is 14.6. The monoisotopic (exact) mass is 350 g/mol. The van der Waals surface area contributed by atoms with E-state index >= 15 is 0 Å². The number of carbonyl (C=O) groups excluding carboxylic acids is 1. The summed E-state index contributed by atoms with van der Waals surface area (Å²) in [6, 6.07) is 24.3. The third-order valence-electron chi connectivity index (χ3n) is 4.17. The molecule has 3 rings (SSSR count). The van der Waals surface area contributed by atoms with Crippen LogP contribution in [-0.2, 0) is 0 Å². The maximum Gasteiger partial charge on any atom is 0.254 e. The molecule has 0 saturated carbocycles. The van der Waals surface area contributed by atoms with Crippen LogP contribution in [0.4, 0.5) is 5.69 Å². The number of anilines is 1. The molecule has 0 aliphatic carbocycles. The third-order valence-corrected chi connectivity index (χ3v) is 4.42. The van der Waals surface area contributed by atoms with Gasteiger partial charge in [-0.2, -0.15) is 0 Å². The highest BCUT2D eigenvalue weighted by Crippen LogP contribution is 2.29. The lowest BCUT2D eigenvalue weighted by Crippen LogP contribution is -2.32. The van der Waals surface area contributed by atoms with Crippen LogP contribution in [0.2, 0.25) is 5.02 Å². The van der Waals surface area contributed by atoms with Gasteiger partial charge in [0.2, 0.25) is 0 Å². The van der Waals surface area contributed by atoms with Gasteiger partial charge in [0.15, 0.2) is 0 Å². The molecule has 2 N–H and O–H groups in total. The second-order valence-electron chi connectivity index (χ2n) is 5.90. The van der Waals surface area contributed by atoms with E-state index in [0.717, 1.165) is 11.1 Å². The second kappa shape index (κ2) is 7.41. The van der Waals surface area contributed by atoms with Crippen molar-refractivity contribution in [2.75, 3.05) is 12.8 Å². The first-order valence-corrected chi connectivity index (χ1v) is 8.37. The number of rotatable bonds is 4. The summed E-state index contributed by atoms with van der Waals surface area (Å²) in [7, 11) is 1.81. The molecular formula is C21H19ClN2O. The van der Waals surface area contributed by atoms with Gasteiger partial charge in [0.05, 0.1) is 6.04 Å². The minimum Gasteiger partial charge on any atom is -0.399 e. The van der Waals surface area contributed by atoms with E-state index in [1.54, 1.807) is 29.2 Å². The smallest absolute Gasteiger partial charge is 0.254 e. The summed E-state index contributed by atoms with van der Waals surface area (Å²) < 4.78 is 0. The fourth-order valence-electron chi connectivity index (χ4n) is 2.87. The summed E-state index contributed by atoms with van der Waals surface area (Å²) in [5, 5.41) is 0.670. The van der Waals surface area contributed by atoms with E-state index in [1.165, 1.54) is 0 Å². The van der Waals surface area contributed by atoms with Crippen molar-refractivity contribution in [3.63, 3.8) is 0 Å². The summed E-state index contributed by atoms with van der Waals surface area (Å²) in [6.45, 7) is 0. The fourth-order valence-corrected chi connectivity index (χ4v) is 2.99. The van der Waals surface area contributed by atoms with E-state index in [9.17, 15) is 4.79 Å². The van der Waals surface area contributed by atoms with Gasteiger partial charge in [0.1, 0.15) is 0 Å². The fraction of sp³-hybridized carbons (Fsp3) is 0.0952. The number of halogens is 1. The third kappa shape index (κ3) is 3.83. The molecule has 3 nitrogen and oxygen atoms in total. The molecule has 0 aromatic heterocycles. The largest absolute Gasteiger partial charge is 0.399 e. The van der Waals surface area contributed by atoms with Crippen LogP contribution in [0.15, 0.2) is 78.9 Å². The maximum absolute atomic E-state index is 13.0. The predicted octanol–water partition coefficient (Wildman–Crippen LogP) is 4.78. The van der Waals surface area contributed by atoms with Crippen molar-refractivity contribution in [1.29, 1.82) is 0 Å². The quantitative estimate of drug-likeness (QED) is 0.688. The first-order valence-electron chi connectivity index (χ1n) is 7.99. The van der Waals surface area contributed by atoms with Crippen LogP contribution in [0.3, 0.4) is 0 Å². The number of nitrogens with two attached hydrogens (primary N) is 1. The van der Waals surface area contributed by atoms with Crippen molar-refractivity contribution in [3.05, 3.63) is 101 Å². The van der Waals surface area contributed by atoms with Gasteiger partial charge in [-0.05, 0) is 47.5 Å². The van der Waals surface area contributed by atoms with Gasteiger partial charge in [-0.15, -0.1) is 0 Å². The highest BCUT2D eigenvalue weighted by Gasteiger charge is 2.24. The van der Waals surface area contributed by atoms with E-state index in [0.29, 0.717) is 16.3 Å². The Hall–Kier alpha value is -2.78. The van der Waals surface area contributed by atoms with Crippen molar-refractivity contribution in [1.82, 2.24) is 4.90 Å². The Morgan fingerprint density at radius 2 is 1.44 bits per heavy atom. The normalized spacial score (nSPS) is 11.8. The first kappa shape index (κ1) is 17.1. The molecule has 3 aromatic rings. The molecule has 126 valence electrons. The topological polar surface area (TPSA) is 46.3 Å². The summed E-state index contributed by atoms with van der Waals surface area (Å²) in [5.41, 5.74) is 9.00. The molecule has 0 fully saturated rings. The molecular weight excluding hydrogens is 332 g/mol. The van der Waals surface area contributed by atoms with Gasteiger partial charge in [-0.1, -0.05) is 54.1 Å². The SMILES string of the molecule is CN(C(=O)c1ccc(N)cc1)[C@H](c1ccccc1)c1ccc(Cl)cc1. The van der Waals surface area contributed by atoms with Gasteiger partial charge in [0, 0.05) is 23.3 Å². The summed E-state index contributed by atoms with van der Waals surface area (Å²) in [6.07, 6.45) is 0. The van der Waals surface area contributed by atoms with Gasteiger partial charge in [-0.3, -0.25) is 4.79 Å². The zero-order valence-electron chi connectivity index (χ0n) is 13.9. The van der Waals surface area contributed by atoms with Crippen molar-refractivity contribution >= 4 is 23.2 Å². The zero-order chi connectivity index (χ0) is 17.8. The minimum absolute atomic E-state index is 0.0659. The average molecular weight is 351 g/mol. The van der Waals surface area contributed by atoms with E-state index in [2.05, 4.69) is 0 Å². The molecule has 0 heterocycles. The Morgan fingerprint density at radius 1 is 0.880 bits per heavy atom. The predicted molar refractivity (Wildman–Crippen MR) is 103 cm³/mol. The molecule has 3 aromatic carbocycles. The lowest BCUT2D eigenvalue weighted by molar-refractivity contribution is 0.0755. The minimum atomic E-state index is -0.205. The van der Waals surface area contributed by atoms with E-state index < -0.39 is 0 Å². The summed E-state index contributed by atoms with van der Waals surface area (Å²) >= 11 is 6.02. The van der Waals surface area contributed by atoms with Crippen LogP contribution in [0.25, 0.3) is 0 Å². The van der Waals surface area contributed by atoms with Gasteiger partial charge >= 0.3 is 0 Å². The summed E-state index contributed by atoms with van der Waals surface area (Å²) in [4.78, 5) is 14.7. The molecule has 0 bridgehead atoms. The number of benzene rings is 3. The number of hydrogen-bond acceptors (Lipinski definition) is 2. The Bertz CT molecular complexity index is 845. The van der Waals surface area contributed by atoms with Crippen LogP contribution in [0.1, 0.15) is 27.5 Å². The van der Waals surface area contributed by atoms with E-state index in [4.69, 9.17) is 17.3 Å². The molecule has 1 atom stereocenters. The molecule has 4 heteroatoms. The molecule has 25 heavy (non-hydrogen) atoms. The van der Waals surface area contributed by atoms with Crippen LogP contribution < -0.4 is 5.73 Å². The van der Waals surface area contributed by atoms with Gasteiger partial charge < -0.3 is 10.6 Å². The standard InChI is InChI=1S/C21H19ClN2O/c1-24(21(25)17-9-13-19(23)14-10-17)20(15-5-3-2-4-6-15)16-7-11-18(22)12-8-16/h2-14,20H,23H2,1H3/t20-/m1/s1. The number of amides is 1. The highest BCUT2D eigenvalue weighted by atomic mass is 35.5. The molecule has 0 saturated heterocycles. The Balaban J connectivity index is 2.00. The lowest BCUT2D eigenvalue weighted by atomic mass is 9.97. The van der Waals surface area contributed by atoms with Gasteiger partial charge in [-0.25, -0.2) is 0 Å². The summed E-state index contributed by atoms with van der Waals surface area (Å²) in [5.74, 6) is -0.0659. The molecule has 0 unspecified atom stereocenters. The van der Waals surface area contributed by atoms with Gasteiger partial charge in [0.25, 0.3) is 5.91 Å².